The van der Waals surface area contributed by atoms with Gasteiger partial charge in [-0.2, -0.15) is 0 Å². The lowest BCUT2D eigenvalue weighted by Gasteiger charge is -2.20. The van der Waals surface area contributed by atoms with Crippen LogP contribution in [-0.2, 0) is 14.3 Å². The molecule has 0 aromatic heterocycles. The molecule has 1 saturated carbocycles. The van der Waals surface area contributed by atoms with Crippen LogP contribution in [0.5, 0.6) is 0 Å². The number of hydrogen-bond acceptors (Lipinski definition) is 3. The molecular weight excluding hydrogens is 192 g/mol. The van der Waals surface area contributed by atoms with Crippen molar-refractivity contribution in [2.45, 2.75) is 39.0 Å². The molecule has 0 aromatic rings. The smallest absolute Gasteiger partial charge is 0.311 e. The lowest BCUT2D eigenvalue weighted by atomic mass is 9.91. The predicted octanol–water partition coefficient (Wildman–Crippen LogP) is 2.39. The summed E-state index contributed by atoms with van der Waals surface area (Å²) < 4.78 is 10.3. The molecule has 0 bridgehead atoms. The molecule has 0 saturated heterocycles. The fraction of sp³-hybridized carbons (Fsp3) is 0.917. The van der Waals surface area contributed by atoms with Gasteiger partial charge >= 0.3 is 5.97 Å². The Morgan fingerprint density at radius 1 is 1.40 bits per heavy atom. The van der Waals surface area contributed by atoms with E-state index in [1.54, 1.807) is 7.11 Å². The summed E-state index contributed by atoms with van der Waals surface area (Å²) in [5.74, 6) is 0.379. The lowest BCUT2D eigenvalue weighted by Crippen LogP contribution is -2.28. The number of methoxy groups -OCH3 is 1. The van der Waals surface area contributed by atoms with Crippen LogP contribution in [0, 0.1) is 11.8 Å². The third-order valence-corrected chi connectivity index (χ3v) is 3.07. The van der Waals surface area contributed by atoms with Crippen molar-refractivity contribution in [2.24, 2.45) is 11.8 Å². The third kappa shape index (κ3) is 3.82. The van der Waals surface area contributed by atoms with Crippen molar-refractivity contribution in [2.75, 3.05) is 20.3 Å². The lowest BCUT2D eigenvalue weighted by molar-refractivity contribution is -0.152. The van der Waals surface area contributed by atoms with Crippen LogP contribution in [0.15, 0.2) is 0 Å². The molecule has 1 aliphatic carbocycles. The van der Waals surface area contributed by atoms with Gasteiger partial charge in [0.25, 0.3) is 0 Å². The van der Waals surface area contributed by atoms with Gasteiger partial charge < -0.3 is 9.47 Å². The second-order valence-corrected chi connectivity index (χ2v) is 4.27. The Kier molecular flexibility index (Phi) is 5.69. The van der Waals surface area contributed by atoms with Crippen molar-refractivity contribution < 1.29 is 14.3 Å². The van der Waals surface area contributed by atoms with Crippen LogP contribution in [-0.4, -0.2) is 26.3 Å². The van der Waals surface area contributed by atoms with E-state index in [0.717, 1.165) is 19.3 Å². The predicted molar refractivity (Wildman–Crippen MR) is 58.6 cm³/mol. The zero-order chi connectivity index (χ0) is 11.1. The minimum absolute atomic E-state index is 0.0379. The van der Waals surface area contributed by atoms with E-state index in [9.17, 15) is 4.79 Å². The highest BCUT2D eigenvalue weighted by Crippen LogP contribution is 2.32. The quantitative estimate of drug-likeness (QED) is 0.637. The van der Waals surface area contributed by atoms with E-state index in [4.69, 9.17) is 9.47 Å². The summed E-state index contributed by atoms with van der Waals surface area (Å²) in [5, 5.41) is 0. The van der Waals surface area contributed by atoms with Gasteiger partial charge in [-0.1, -0.05) is 19.8 Å². The van der Waals surface area contributed by atoms with E-state index in [1.165, 1.54) is 12.8 Å². The van der Waals surface area contributed by atoms with E-state index in [2.05, 4.69) is 0 Å². The second-order valence-electron chi connectivity index (χ2n) is 4.27. The Morgan fingerprint density at radius 3 is 2.60 bits per heavy atom. The second kappa shape index (κ2) is 6.83. The van der Waals surface area contributed by atoms with E-state index < -0.39 is 0 Å². The molecule has 0 radical (unpaired) electrons. The highest BCUT2D eigenvalue weighted by Gasteiger charge is 2.31. The summed E-state index contributed by atoms with van der Waals surface area (Å²) in [4.78, 5) is 11.8. The maximum atomic E-state index is 11.8. The molecule has 0 aromatic carbocycles. The number of carbonyl (C=O) groups is 1. The monoisotopic (exact) mass is 214 g/mol. The van der Waals surface area contributed by atoms with Crippen LogP contribution in [0.25, 0.3) is 0 Å². The minimum Gasteiger partial charge on any atom is -0.465 e. The first-order chi connectivity index (χ1) is 7.29. The van der Waals surface area contributed by atoms with Crippen molar-refractivity contribution in [3.05, 3.63) is 0 Å². The molecular formula is C12H22O3. The fourth-order valence-electron chi connectivity index (χ4n) is 2.25. The summed E-state index contributed by atoms with van der Waals surface area (Å²) in [7, 11) is 1.65. The summed E-state index contributed by atoms with van der Waals surface area (Å²) in [6, 6.07) is 0. The number of esters is 1. The Hall–Kier alpha value is -0.570. The van der Waals surface area contributed by atoms with Gasteiger partial charge in [-0.3, -0.25) is 4.79 Å². The Morgan fingerprint density at radius 2 is 2.07 bits per heavy atom. The first-order valence-corrected chi connectivity index (χ1v) is 5.95. The first-order valence-electron chi connectivity index (χ1n) is 5.95. The van der Waals surface area contributed by atoms with Crippen LogP contribution in [0.3, 0.4) is 0 Å². The molecule has 3 heteroatoms. The molecule has 0 N–H and O–H groups in total. The maximum absolute atomic E-state index is 11.8. The Balaban J connectivity index is 2.43. The van der Waals surface area contributed by atoms with E-state index in [0.29, 0.717) is 19.1 Å². The van der Waals surface area contributed by atoms with Crippen LogP contribution in [0.4, 0.5) is 0 Å². The molecule has 1 unspecified atom stereocenters. The number of rotatable bonds is 6. The van der Waals surface area contributed by atoms with E-state index in [-0.39, 0.29) is 11.9 Å². The fourth-order valence-corrected chi connectivity index (χ4v) is 2.25. The normalized spacial score (nSPS) is 19.1. The van der Waals surface area contributed by atoms with Crippen LogP contribution < -0.4 is 0 Å². The van der Waals surface area contributed by atoms with Crippen molar-refractivity contribution in [1.29, 1.82) is 0 Å². The molecule has 15 heavy (non-hydrogen) atoms. The average molecular weight is 214 g/mol. The standard InChI is InChI=1S/C12H22O3/c1-3-8-15-12(13)11(9-14-2)10-6-4-5-7-10/h10-11H,3-9H2,1-2H3. The highest BCUT2D eigenvalue weighted by molar-refractivity contribution is 5.73. The van der Waals surface area contributed by atoms with Crippen LogP contribution >= 0.6 is 0 Å². The molecule has 1 atom stereocenters. The van der Waals surface area contributed by atoms with E-state index >= 15 is 0 Å². The van der Waals surface area contributed by atoms with Crippen molar-refractivity contribution in [1.82, 2.24) is 0 Å². The number of ether oxygens (including phenoxy) is 2. The molecule has 0 aliphatic heterocycles. The van der Waals surface area contributed by atoms with Gasteiger partial charge in [0.2, 0.25) is 0 Å². The minimum atomic E-state index is -0.0643. The van der Waals surface area contributed by atoms with Crippen LogP contribution in [0.2, 0.25) is 0 Å². The molecule has 1 aliphatic rings. The molecule has 3 nitrogen and oxygen atoms in total. The zero-order valence-electron chi connectivity index (χ0n) is 9.83. The summed E-state index contributed by atoms with van der Waals surface area (Å²) in [6.45, 7) is 3.05. The summed E-state index contributed by atoms with van der Waals surface area (Å²) >= 11 is 0. The van der Waals surface area contributed by atoms with Gasteiger partial charge in [0.05, 0.1) is 19.1 Å². The summed E-state index contributed by atoms with van der Waals surface area (Å²) in [6.07, 6.45) is 5.67. The highest BCUT2D eigenvalue weighted by atomic mass is 16.5. The number of carbonyl (C=O) groups excluding carboxylic acids is 1. The first kappa shape index (κ1) is 12.5. The van der Waals surface area contributed by atoms with Gasteiger partial charge in [-0.25, -0.2) is 0 Å². The van der Waals surface area contributed by atoms with Crippen molar-refractivity contribution >= 4 is 5.97 Å². The summed E-state index contributed by atoms with van der Waals surface area (Å²) in [5.41, 5.74) is 0. The molecule has 1 fully saturated rings. The Labute approximate surface area is 92.1 Å². The van der Waals surface area contributed by atoms with Gasteiger partial charge in [0.15, 0.2) is 0 Å². The van der Waals surface area contributed by atoms with Crippen molar-refractivity contribution in [3.63, 3.8) is 0 Å². The van der Waals surface area contributed by atoms with Gasteiger partial charge in [-0.05, 0) is 25.2 Å². The zero-order valence-corrected chi connectivity index (χ0v) is 9.83. The third-order valence-electron chi connectivity index (χ3n) is 3.07. The Bertz CT molecular complexity index is 185. The SMILES string of the molecule is CCCOC(=O)C(COC)C1CCCC1. The molecule has 1 rings (SSSR count). The molecule has 0 spiro atoms. The molecule has 0 amide bonds. The van der Waals surface area contributed by atoms with Gasteiger partial charge in [0, 0.05) is 7.11 Å². The molecule has 0 heterocycles. The molecule has 88 valence electrons. The van der Waals surface area contributed by atoms with Gasteiger partial charge in [-0.15, -0.1) is 0 Å². The largest absolute Gasteiger partial charge is 0.465 e. The van der Waals surface area contributed by atoms with Crippen molar-refractivity contribution in [3.8, 4) is 0 Å². The maximum Gasteiger partial charge on any atom is 0.311 e. The van der Waals surface area contributed by atoms with Gasteiger partial charge in [0.1, 0.15) is 0 Å². The average Bonchev–Trinajstić information content (AvgIpc) is 2.75. The topological polar surface area (TPSA) is 35.5 Å². The van der Waals surface area contributed by atoms with E-state index in [1.807, 2.05) is 6.92 Å². The number of hydrogen-bond donors (Lipinski definition) is 0. The van der Waals surface area contributed by atoms with Crippen LogP contribution in [0.1, 0.15) is 39.0 Å².